The number of likely N-dealkylation sites (tertiary alicyclic amines) is 1. The van der Waals surface area contributed by atoms with Gasteiger partial charge in [-0.15, -0.1) is 6.42 Å². The Hall–Kier alpha value is -1.34. The van der Waals surface area contributed by atoms with E-state index in [1.54, 1.807) is 6.92 Å². The van der Waals surface area contributed by atoms with Gasteiger partial charge in [-0.2, -0.15) is 0 Å². The standard InChI is InChI=1S/C16H21NO2/c1-5-16(19)10-14(17(4)11-15(16,3)18)13-8-6-12(2)7-9-13/h1,6-9,14,18-19H,10-11H2,2-4H3. The number of piperidine rings is 1. The van der Waals surface area contributed by atoms with Crippen molar-refractivity contribution in [2.45, 2.75) is 37.5 Å². The van der Waals surface area contributed by atoms with Crippen LogP contribution < -0.4 is 0 Å². The molecule has 2 N–H and O–H groups in total. The Balaban J connectivity index is 2.33. The second-order valence-electron chi connectivity index (χ2n) is 5.82. The summed E-state index contributed by atoms with van der Waals surface area (Å²) in [5.41, 5.74) is -0.481. The summed E-state index contributed by atoms with van der Waals surface area (Å²) in [4.78, 5) is 2.04. The summed E-state index contributed by atoms with van der Waals surface area (Å²) in [6.45, 7) is 3.97. The highest BCUT2D eigenvalue weighted by Crippen LogP contribution is 2.40. The van der Waals surface area contributed by atoms with Gasteiger partial charge in [-0.05, 0) is 26.5 Å². The van der Waals surface area contributed by atoms with E-state index >= 15 is 0 Å². The van der Waals surface area contributed by atoms with Crippen molar-refractivity contribution in [2.75, 3.05) is 13.6 Å². The van der Waals surface area contributed by atoms with Crippen LogP contribution in [-0.2, 0) is 0 Å². The molecular formula is C16H21NO2. The van der Waals surface area contributed by atoms with Gasteiger partial charge in [0.1, 0.15) is 5.60 Å². The van der Waals surface area contributed by atoms with Gasteiger partial charge in [-0.25, -0.2) is 0 Å². The van der Waals surface area contributed by atoms with Crippen molar-refractivity contribution < 1.29 is 10.2 Å². The van der Waals surface area contributed by atoms with Crippen LogP contribution in [-0.4, -0.2) is 39.9 Å². The van der Waals surface area contributed by atoms with Crippen molar-refractivity contribution in [3.8, 4) is 12.3 Å². The lowest BCUT2D eigenvalue weighted by Crippen LogP contribution is -2.62. The Kier molecular flexibility index (Phi) is 3.44. The van der Waals surface area contributed by atoms with Gasteiger partial charge in [0.2, 0.25) is 0 Å². The van der Waals surface area contributed by atoms with Gasteiger partial charge in [-0.3, -0.25) is 4.90 Å². The molecule has 0 spiro atoms. The number of rotatable bonds is 1. The van der Waals surface area contributed by atoms with Gasteiger partial charge in [0.25, 0.3) is 0 Å². The van der Waals surface area contributed by atoms with Gasteiger partial charge in [0.15, 0.2) is 5.60 Å². The summed E-state index contributed by atoms with van der Waals surface area (Å²) in [6, 6.07) is 8.21. The number of β-amino-alcohol motifs (C(OH)–C–C–N with tert-alkyl or cyclic N) is 1. The second kappa shape index (κ2) is 4.64. The monoisotopic (exact) mass is 259 g/mol. The van der Waals surface area contributed by atoms with Crippen molar-refractivity contribution in [1.29, 1.82) is 0 Å². The molecule has 3 nitrogen and oxygen atoms in total. The van der Waals surface area contributed by atoms with Gasteiger partial charge in [0, 0.05) is 19.0 Å². The minimum atomic E-state index is -1.49. The first-order valence-electron chi connectivity index (χ1n) is 6.48. The number of hydrogen-bond acceptors (Lipinski definition) is 3. The summed E-state index contributed by atoms with van der Waals surface area (Å²) in [7, 11) is 1.94. The van der Waals surface area contributed by atoms with Crippen molar-refractivity contribution in [1.82, 2.24) is 4.90 Å². The fraction of sp³-hybridized carbons (Fsp3) is 0.500. The summed E-state index contributed by atoms with van der Waals surface area (Å²) >= 11 is 0. The summed E-state index contributed by atoms with van der Waals surface area (Å²) < 4.78 is 0. The zero-order chi connectivity index (χ0) is 14.3. The topological polar surface area (TPSA) is 43.7 Å². The second-order valence-corrected chi connectivity index (χ2v) is 5.82. The molecule has 0 amide bonds. The van der Waals surface area contributed by atoms with E-state index in [9.17, 15) is 10.2 Å². The molecule has 0 radical (unpaired) electrons. The van der Waals surface area contributed by atoms with E-state index in [2.05, 4.69) is 5.92 Å². The lowest BCUT2D eigenvalue weighted by atomic mass is 9.74. The maximum absolute atomic E-state index is 10.5. The summed E-state index contributed by atoms with van der Waals surface area (Å²) in [6.07, 6.45) is 5.77. The molecule has 0 bridgehead atoms. The Morgan fingerprint density at radius 1 is 1.32 bits per heavy atom. The molecule has 3 unspecified atom stereocenters. The van der Waals surface area contributed by atoms with Gasteiger partial charge in [-0.1, -0.05) is 35.7 Å². The first-order valence-corrected chi connectivity index (χ1v) is 6.48. The summed E-state index contributed by atoms with van der Waals surface area (Å²) in [5, 5.41) is 20.8. The smallest absolute Gasteiger partial charge is 0.156 e. The van der Waals surface area contributed by atoms with Crippen LogP contribution in [0.25, 0.3) is 0 Å². The summed E-state index contributed by atoms with van der Waals surface area (Å²) in [5.74, 6) is 2.38. The van der Waals surface area contributed by atoms with E-state index in [1.165, 1.54) is 5.56 Å². The Morgan fingerprint density at radius 3 is 2.42 bits per heavy atom. The minimum absolute atomic E-state index is 0.0156. The molecular weight excluding hydrogens is 238 g/mol. The molecule has 1 heterocycles. The maximum atomic E-state index is 10.5. The quantitative estimate of drug-likeness (QED) is 0.751. The van der Waals surface area contributed by atoms with Crippen LogP contribution in [0.2, 0.25) is 0 Å². The normalized spacial score (nSPS) is 35.9. The van der Waals surface area contributed by atoms with E-state index in [-0.39, 0.29) is 6.04 Å². The Labute approximate surface area is 114 Å². The average molecular weight is 259 g/mol. The minimum Gasteiger partial charge on any atom is -0.385 e. The molecule has 2 rings (SSSR count). The van der Waals surface area contributed by atoms with Crippen LogP contribution >= 0.6 is 0 Å². The largest absolute Gasteiger partial charge is 0.385 e. The molecule has 19 heavy (non-hydrogen) atoms. The number of likely N-dealkylation sites (N-methyl/N-ethyl adjacent to an activating group) is 1. The van der Waals surface area contributed by atoms with Gasteiger partial charge < -0.3 is 10.2 Å². The van der Waals surface area contributed by atoms with E-state index in [1.807, 2.05) is 43.1 Å². The predicted octanol–water partition coefficient (Wildman–Crippen LogP) is 1.49. The first-order chi connectivity index (χ1) is 8.79. The SMILES string of the molecule is C#CC1(O)CC(c2ccc(C)cc2)N(C)CC1(C)O. The number of benzene rings is 1. The van der Waals surface area contributed by atoms with Crippen LogP contribution in [0.15, 0.2) is 24.3 Å². The average Bonchev–Trinajstić information content (AvgIpc) is 2.34. The van der Waals surface area contributed by atoms with Crippen molar-refractivity contribution >= 4 is 0 Å². The molecule has 0 aliphatic carbocycles. The van der Waals surface area contributed by atoms with Crippen LogP contribution in [0.5, 0.6) is 0 Å². The highest BCUT2D eigenvalue weighted by molar-refractivity contribution is 5.29. The number of aliphatic hydroxyl groups is 2. The van der Waals surface area contributed by atoms with E-state index in [0.717, 1.165) is 5.56 Å². The Bertz CT molecular complexity index is 500. The number of terminal acetylenes is 1. The number of hydrogen-bond donors (Lipinski definition) is 2. The molecule has 0 aromatic heterocycles. The third-order valence-electron chi connectivity index (χ3n) is 4.17. The third-order valence-corrected chi connectivity index (χ3v) is 4.17. The number of nitrogens with zero attached hydrogens (tertiary/aromatic N) is 1. The van der Waals surface area contributed by atoms with E-state index in [4.69, 9.17) is 6.42 Å². The van der Waals surface area contributed by atoms with E-state index < -0.39 is 11.2 Å². The van der Waals surface area contributed by atoms with Gasteiger partial charge >= 0.3 is 0 Å². The van der Waals surface area contributed by atoms with Crippen LogP contribution in [0.4, 0.5) is 0 Å². The molecule has 1 saturated heterocycles. The van der Waals surface area contributed by atoms with E-state index in [0.29, 0.717) is 13.0 Å². The van der Waals surface area contributed by atoms with Gasteiger partial charge in [0.05, 0.1) is 0 Å². The van der Waals surface area contributed by atoms with Crippen molar-refractivity contribution in [3.63, 3.8) is 0 Å². The molecule has 102 valence electrons. The molecule has 3 atom stereocenters. The van der Waals surface area contributed by atoms with Crippen LogP contribution in [0.3, 0.4) is 0 Å². The highest BCUT2D eigenvalue weighted by atomic mass is 16.4. The fourth-order valence-corrected chi connectivity index (χ4v) is 2.76. The van der Waals surface area contributed by atoms with Crippen LogP contribution in [0, 0.1) is 19.3 Å². The third kappa shape index (κ3) is 2.40. The first kappa shape index (κ1) is 14.1. The number of aryl methyl sites for hydroxylation is 1. The molecule has 1 aliphatic rings. The zero-order valence-corrected chi connectivity index (χ0v) is 11.7. The van der Waals surface area contributed by atoms with Crippen LogP contribution in [0.1, 0.15) is 30.5 Å². The lowest BCUT2D eigenvalue weighted by molar-refractivity contribution is -0.159. The van der Waals surface area contributed by atoms with Crippen molar-refractivity contribution in [3.05, 3.63) is 35.4 Å². The lowest BCUT2D eigenvalue weighted by Gasteiger charge is -2.49. The molecule has 1 fully saturated rings. The highest BCUT2D eigenvalue weighted by Gasteiger charge is 2.51. The molecule has 0 saturated carbocycles. The Morgan fingerprint density at radius 2 is 1.89 bits per heavy atom. The molecule has 1 aromatic rings. The molecule has 3 heteroatoms. The fourth-order valence-electron chi connectivity index (χ4n) is 2.76. The van der Waals surface area contributed by atoms with Crippen molar-refractivity contribution in [2.24, 2.45) is 0 Å². The molecule has 1 aromatic carbocycles. The zero-order valence-electron chi connectivity index (χ0n) is 11.7. The maximum Gasteiger partial charge on any atom is 0.156 e. The predicted molar refractivity (Wildman–Crippen MR) is 75.6 cm³/mol. The molecule has 1 aliphatic heterocycles.